The lowest BCUT2D eigenvalue weighted by Gasteiger charge is -2.22. The van der Waals surface area contributed by atoms with Crippen LogP contribution in [0.2, 0.25) is 0 Å². The third-order valence-corrected chi connectivity index (χ3v) is 2.93. The third-order valence-electron chi connectivity index (χ3n) is 2.93. The van der Waals surface area contributed by atoms with Gasteiger partial charge in [0.2, 0.25) is 0 Å². The monoisotopic (exact) mass is 220 g/mol. The minimum Gasteiger partial charge on any atom is -0.241 e. The van der Waals surface area contributed by atoms with Crippen LogP contribution >= 0.6 is 0 Å². The molecule has 1 aromatic heterocycles. The van der Waals surface area contributed by atoms with Crippen molar-refractivity contribution in [3.05, 3.63) is 23.8 Å². The molecule has 0 atom stereocenters. The quantitative estimate of drug-likeness (QED) is 0.775. The Morgan fingerprint density at radius 3 is 1.88 bits per heavy atom. The Morgan fingerprint density at radius 2 is 1.50 bits per heavy atom. The molecule has 0 fully saturated rings. The van der Waals surface area contributed by atoms with Gasteiger partial charge >= 0.3 is 0 Å². The number of hydrogen-bond donors (Lipinski definition) is 0. The second-order valence-electron chi connectivity index (χ2n) is 6.39. The summed E-state index contributed by atoms with van der Waals surface area (Å²) in [5, 5.41) is 0. The Hall–Kier alpha value is -0.920. The van der Waals surface area contributed by atoms with Gasteiger partial charge in [0, 0.05) is 17.8 Å². The van der Waals surface area contributed by atoms with Gasteiger partial charge in [0.25, 0.3) is 0 Å². The van der Waals surface area contributed by atoms with E-state index < -0.39 is 0 Å². The zero-order valence-corrected chi connectivity index (χ0v) is 11.5. The second-order valence-corrected chi connectivity index (χ2v) is 6.39. The van der Waals surface area contributed by atoms with E-state index in [-0.39, 0.29) is 5.41 Å². The Morgan fingerprint density at radius 1 is 1.00 bits per heavy atom. The van der Waals surface area contributed by atoms with Gasteiger partial charge in [-0.05, 0) is 23.8 Å². The van der Waals surface area contributed by atoms with E-state index in [1.54, 1.807) is 0 Å². The van der Waals surface area contributed by atoms with E-state index in [0.29, 0.717) is 5.41 Å². The molecule has 0 aliphatic carbocycles. The van der Waals surface area contributed by atoms with Gasteiger partial charge in [0.05, 0.1) is 0 Å². The first-order valence-electron chi connectivity index (χ1n) is 6.06. The Balaban J connectivity index is 2.84. The van der Waals surface area contributed by atoms with Crippen LogP contribution < -0.4 is 0 Å². The highest BCUT2D eigenvalue weighted by Gasteiger charge is 2.21. The average molecular weight is 220 g/mol. The van der Waals surface area contributed by atoms with E-state index in [2.05, 4.69) is 51.5 Å². The Bertz CT molecular complexity index is 331. The van der Waals surface area contributed by atoms with Gasteiger partial charge in [-0.15, -0.1) is 0 Å². The van der Waals surface area contributed by atoms with Crippen LogP contribution in [0.3, 0.4) is 0 Å². The van der Waals surface area contributed by atoms with Crippen molar-refractivity contribution in [2.75, 3.05) is 0 Å². The summed E-state index contributed by atoms with van der Waals surface area (Å²) in [6.07, 6.45) is 6.04. The highest BCUT2D eigenvalue weighted by molar-refractivity contribution is 5.11. The fourth-order valence-corrected chi connectivity index (χ4v) is 1.57. The lowest BCUT2D eigenvalue weighted by Crippen LogP contribution is -2.20. The maximum absolute atomic E-state index is 4.49. The first-order chi connectivity index (χ1) is 7.24. The standard InChI is InChI=1S/C14H24N2/c1-7-14(5,6)12-15-9-11(10-16-12)8-13(2,3)4/h9-10H,7-8H2,1-6H3. The van der Waals surface area contributed by atoms with Crippen molar-refractivity contribution in [3.63, 3.8) is 0 Å². The topological polar surface area (TPSA) is 25.8 Å². The number of aromatic nitrogens is 2. The molecule has 0 aliphatic heterocycles. The van der Waals surface area contributed by atoms with Crippen molar-refractivity contribution in [1.82, 2.24) is 9.97 Å². The summed E-state index contributed by atoms with van der Waals surface area (Å²) < 4.78 is 0. The van der Waals surface area contributed by atoms with Crippen LogP contribution in [0, 0.1) is 5.41 Å². The summed E-state index contributed by atoms with van der Waals surface area (Å²) in [5.41, 5.74) is 1.61. The molecule has 0 aromatic carbocycles. The number of rotatable bonds is 3. The fraction of sp³-hybridized carbons (Fsp3) is 0.714. The molecule has 0 bridgehead atoms. The van der Waals surface area contributed by atoms with Gasteiger partial charge < -0.3 is 0 Å². The third kappa shape index (κ3) is 3.58. The van der Waals surface area contributed by atoms with E-state index in [0.717, 1.165) is 18.7 Å². The molecule has 0 spiro atoms. The number of nitrogens with zero attached hydrogens (tertiary/aromatic N) is 2. The molecule has 0 unspecified atom stereocenters. The summed E-state index contributed by atoms with van der Waals surface area (Å²) >= 11 is 0. The molecular formula is C14H24N2. The van der Waals surface area contributed by atoms with Crippen LogP contribution in [-0.2, 0) is 11.8 Å². The van der Waals surface area contributed by atoms with E-state index in [1.165, 1.54) is 5.56 Å². The highest BCUT2D eigenvalue weighted by Crippen LogP contribution is 2.24. The van der Waals surface area contributed by atoms with Crippen LogP contribution in [-0.4, -0.2) is 9.97 Å². The van der Waals surface area contributed by atoms with Crippen molar-refractivity contribution in [1.29, 1.82) is 0 Å². The molecule has 0 radical (unpaired) electrons. The SMILES string of the molecule is CCC(C)(C)c1ncc(CC(C)(C)C)cn1. The lowest BCUT2D eigenvalue weighted by atomic mass is 9.88. The fourth-order valence-electron chi connectivity index (χ4n) is 1.57. The van der Waals surface area contributed by atoms with Gasteiger partial charge in [-0.3, -0.25) is 0 Å². The van der Waals surface area contributed by atoms with E-state index in [9.17, 15) is 0 Å². The van der Waals surface area contributed by atoms with Crippen molar-refractivity contribution >= 4 is 0 Å². The summed E-state index contributed by atoms with van der Waals surface area (Å²) in [5.74, 6) is 0.952. The zero-order chi connectivity index (χ0) is 12.4. The normalized spacial score (nSPS) is 12.9. The van der Waals surface area contributed by atoms with E-state index >= 15 is 0 Å². The van der Waals surface area contributed by atoms with Crippen molar-refractivity contribution in [3.8, 4) is 0 Å². The molecule has 1 heterocycles. The molecule has 0 N–H and O–H groups in total. The Labute approximate surface area is 99.5 Å². The summed E-state index contributed by atoms with van der Waals surface area (Å²) in [6.45, 7) is 13.2. The minimum atomic E-state index is 0.0836. The molecule has 2 nitrogen and oxygen atoms in total. The van der Waals surface area contributed by atoms with Crippen LogP contribution in [0.4, 0.5) is 0 Å². The van der Waals surface area contributed by atoms with Gasteiger partial charge in [-0.25, -0.2) is 9.97 Å². The second kappa shape index (κ2) is 4.52. The molecule has 0 amide bonds. The van der Waals surface area contributed by atoms with Gasteiger partial charge in [-0.1, -0.05) is 41.5 Å². The van der Waals surface area contributed by atoms with E-state index in [4.69, 9.17) is 0 Å². The Kier molecular flexibility index (Phi) is 3.72. The summed E-state index contributed by atoms with van der Waals surface area (Å²) in [7, 11) is 0. The van der Waals surface area contributed by atoms with Crippen molar-refractivity contribution < 1.29 is 0 Å². The lowest BCUT2D eigenvalue weighted by molar-refractivity contribution is 0.408. The predicted molar refractivity (Wildman–Crippen MR) is 68.5 cm³/mol. The van der Waals surface area contributed by atoms with Crippen LogP contribution in [0.5, 0.6) is 0 Å². The predicted octanol–water partition coefficient (Wildman–Crippen LogP) is 3.75. The maximum atomic E-state index is 4.49. The summed E-state index contributed by atoms with van der Waals surface area (Å²) in [6, 6.07) is 0. The molecule has 16 heavy (non-hydrogen) atoms. The summed E-state index contributed by atoms with van der Waals surface area (Å²) in [4.78, 5) is 8.99. The molecule has 0 aliphatic rings. The molecule has 2 heteroatoms. The molecule has 0 saturated heterocycles. The van der Waals surface area contributed by atoms with Crippen molar-refractivity contribution in [2.45, 2.75) is 59.8 Å². The zero-order valence-electron chi connectivity index (χ0n) is 11.5. The number of hydrogen-bond acceptors (Lipinski definition) is 2. The van der Waals surface area contributed by atoms with Gasteiger partial charge in [0.1, 0.15) is 5.82 Å². The molecule has 1 rings (SSSR count). The first-order valence-corrected chi connectivity index (χ1v) is 6.06. The maximum Gasteiger partial charge on any atom is 0.133 e. The largest absolute Gasteiger partial charge is 0.241 e. The van der Waals surface area contributed by atoms with Crippen molar-refractivity contribution in [2.24, 2.45) is 5.41 Å². The molecular weight excluding hydrogens is 196 g/mol. The average Bonchev–Trinajstić information content (AvgIpc) is 2.16. The van der Waals surface area contributed by atoms with Gasteiger partial charge in [0.15, 0.2) is 0 Å². The van der Waals surface area contributed by atoms with E-state index in [1.807, 2.05) is 12.4 Å². The highest BCUT2D eigenvalue weighted by atomic mass is 14.9. The minimum absolute atomic E-state index is 0.0836. The molecule has 0 saturated carbocycles. The molecule has 1 aromatic rings. The first kappa shape index (κ1) is 13.1. The van der Waals surface area contributed by atoms with Crippen LogP contribution in [0.25, 0.3) is 0 Å². The van der Waals surface area contributed by atoms with Crippen LogP contribution in [0.15, 0.2) is 12.4 Å². The van der Waals surface area contributed by atoms with Gasteiger partial charge in [-0.2, -0.15) is 0 Å². The molecule has 90 valence electrons. The van der Waals surface area contributed by atoms with Crippen LogP contribution in [0.1, 0.15) is 59.4 Å². The smallest absolute Gasteiger partial charge is 0.133 e.